The number of nitrogens with one attached hydrogen (secondary N) is 1. The Morgan fingerprint density at radius 2 is 2.00 bits per heavy atom. The molecule has 0 amide bonds. The molecule has 1 aliphatic heterocycles. The van der Waals surface area contributed by atoms with Crippen LogP contribution in [-0.2, 0) is 22.9 Å². The molecule has 2 rings (SSSR count). The summed E-state index contributed by atoms with van der Waals surface area (Å²) in [5.74, 6) is 0.920. The first-order valence-corrected chi connectivity index (χ1v) is 10.8. The van der Waals surface area contributed by atoms with Gasteiger partial charge in [-0.15, -0.1) is 24.0 Å². The first kappa shape index (κ1) is 24.2. The molecule has 1 saturated heterocycles. The molecule has 1 aliphatic rings. The Balaban J connectivity index is 0.00000364. The van der Waals surface area contributed by atoms with Crippen molar-refractivity contribution < 1.29 is 8.42 Å². The van der Waals surface area contributed by atoms with Crippen molar-refractivity contribution in [3.05, 3.63) is 35.4 Å². The van der Waals surface area contributed by atoms with Gasteiger partial charge in [-0.1, -0.05) is 31.2 Å². The second-order valence-corrected chi connectivity index (χ2v) is 10.3. The monoisotopic (exact) mass is 508 g/mol. The maximum Gasteiger partial charge on any atom is 0.193 e. The van der Waals surface area contributed by atoms with Crippen molar-refractivity contribution in [2.24, 2.45) is 4.99 Å². The Kier molecular flexibility index (Phi) is 9.01. The van der Waals surface area contributed by atoms with E-state index in [1.165, 1.54) is 11.1 Å². The molecule has 0 saturated carbocycles. The van der Waals surface area contributed by atoms with Gasteiger partial charge in [0.1, 0.15) is 0 Å². The van der Waals surface area contributed by atoms with Crippen LogP contribution in [0.25, 0.3) is 0 Å². The number of hydrogen-bond donors (Lipinski definition) is 1. The minimum absolute atomic E-state index is 0. The Morgan fingerprint density at radius 3 is 2.59 bits per heavy atom. The molecule has 0 bridgehead atoms. The van der Waals surface area contributed by atoms with Gasteiger partial charge in [-0.25, -0.2) is 8.42 Å². The number of halogens is 1. The van der Waals surface area contributed by atoms with E-state index in [1.807, 2.05) is 4.90 Å². The third-order valence-electron chi connectivity index (χ3n) is 4.99. The largest absolute Gasteiger partial charge is 0.352 e. The molecule has 0 spiro atoms. The van der Waals surface area contributed by atoms with Crippen molar-refractivity contribution in [3.63, 3.8) is 0 Å². The van der Waals surface area contributed by atoms with Crippen molar-refractivity contribution in [3.8, 4) is 0 Å². The molecule has 8 heteroatoms. The number of rotatable bonds is 5. The third kappa shape index (κ3) is 6.32. The third-order valence-corrected chi connectivity index (χ3v) is 7.52. The molecule has 0 aliphatic carbocycles. The average Bonchev–Trinajstić information content (AvgIpc) is 2.58. The van der Waals surface area contributed by atoms with Crippen LogP contribution >= 0.6 is 24.0 Å². The summed E-state index contributed by atoms with van der Waals surface area (Å²) in [7, 11) is 0.800. The zero-order valence-corrected chi connectivity index (χ0v) is 20.2. The van der Waals surface area contributed by atoms with Gasteiger partial charge >= 0.3 is 0 Å². The molecule has 0 radical (unpaired) electrons. The van der Waals surface area contributed by atoms with Crippen molar-refractivity contribution in [1.82, 2.24) is 15.1 Å². The maximum atomic E-state index is 12.2. The second kappa shape index (κ2) is 10.1. The number of nitrogens with zero attached hydrogens (tertiary/aromatic N) is 3. The van der Waals surface area contributed by atoms with Crippen LogP contribution in [0.5, 0.6) is 0 Å². The smallest absolute Gasteiger partial charge is 0.193 e. The lowest BCUT2D eigenvalue weighted by molar-refractivity contribution is 0.345. The molecule has 1 aromatic rings. The molecular weight excluding hydrogens is 475 g/mol. The summed E-state index contributed by atoms with van der Waals surface area (Å²) in [4.78, 5) is 8.66. The summed E-state index contributed by atoms with van der Waals surface area (Å²) in [6.07, 6.45) is 0. The fourth-order valence-electron chi connectivity index (χ4n) is 3.10. The van der Waals surface area contributed by atoms with Crippen LogP contribution in [0, 0.1) is 0 Å². The zero-order valence-electron chi connectivity index (χ0n) is 17.0. The Labute approximate surface area is 181 Å². The van der Waals surface area contributed by atoms with Crippen LogP contribution in [0.1, 0.15) is 31.9 Å². The standard InChI is InChI=1S/C19H32N4O2S.HI/c1-6-22(5)14-17-9-7-8-16(12-17)13-21-18(20-4)23-10-11-26(24,25)19(2,3)15-23;/h7-9,12H,6,10-11,13-15H2,1-5H3,(H,20,21);1H. The fourth-order valence-corrected chi connectivity index (χ4v) is 4.47. The van der Waals surface area contributed by atoms with Crippen molar-refractivity contribution in [1.29, 1.82) is 0 Å². The van der Waals surface area contributed by atoms with Gasteiger partial charge in [0.05, 0.1) is 10.5 Å². The number of sulfone groups is 1. The predicted molar refractivity (Wildman–Crippen MR) is 124 cm³/mol. The van der Waals surface area contributed by atoms with E-state index in [4.69, 9.17) is 0 Å². The summed E-state index contributed by atoms with van der Waals surface area (Å²) < 4.78 is 23.6. The van der Waals surface area contributed by atoms with Crippen LogP contribution in [0.4, 0.5) is 0 Å². The van der Waals surface area contributed by atoms with E-state index in [0.29, 0.717) is 19.6 Å². The minimum Gasteiger partial charge on any atom is -0.352 e. The number of guanidine groups is 1. The van der Waals surface area contributed by atoms with E-state index >= 15 is 0 Å². The van der Waals surface area contributed by atoms with Crippen LogP contribution in [0.3, 0.4) is 0 Å². The van der Waals surface area contributed by atoms with Crippen LogP contribution in [-0.4, -0.2) is 68.4 Å². The Hall–Kier alpha value is -0.870. The molecule has 27 heavy (non-hydrogen) atoms. The lowest BCUT2D eigenvalue weighted by Crippen LogP contribution is -2.57. The summed E-state index contributed by atoms with van der Waals surface area (Å²) in [5, 5.41) is 3.38. The highest BCUT2D eigenvalue weighted by Crippen LogP contribution is 2.23. The van der Waals surface area contributed by atoms with Gasteiger partial charge in [0.15, 0.2) is 15.8 Å². The summed E-state index contributed by atoms with van der Waals surface area (Å²) in [6.45, 7) is 9.27. The van der Waals surface area contributed by atoms with Gasteiger partial charge in [-0.3, -0.25) is 4.99 Å². The lowest BCUT2D eigenvalue weighted by atomic mass is 10.1. The number of hydrogen-bond acceptors (Lipinski definition) is 4. The summed E-state index contributed by atoms with van der Waals surface area (Å²) in [5.41, 5.74) is 2.48. The molecule has 6 nitrogen and oxygen atoms in total. The van der Waals surface area contributed by atoms with Crippen molar-refractivity contribution >= 4 is 39.8 Å². The van der Waals surface area contributed by atoms with E-state index in [9.17, 15) is 8.42 Å². The fraction of sp³-hybridized carbons (Fsp3) is 0.632. The second-order valence-electron chi connectivity index (χ2n) is 7.55. The first-order chi connectivity index (χ1) is 12.2. The van der Waals surface area contributed by atoms with Crippen molar-refractivity contribution in [2.45, 2.75) is 38.6 Å². The van der Waals surface area contributed by atoms with Crippen LogP contribution in [0.15, 0.2) is 29.3 Å². The van der Waals surface area contributed by atoms with Crippen molar-refractivity contribution in [2.75, 3.05) is 39.5 Å². The molecule has 1 fully saturated rings. The van der Waals surface area contributed by atoms with E-state index in [-0.39, 0.29) is 29.7 Å². The first-order valence-electron chi connectivity index (χ1n) is 9.13. The maximum absolute atomic E-state index is 12.2. The SMILES string of the molecule is CCN(C)Cc1cccc(CNC(=NC)N2CCS(=O)(=O)C(C)(C)C2)c1.I. The molecule has 1 heterocycles. The van der Waals surface area contributed by atoms with Gasteiger partial charge < -0.3 is 15.1 Å². The van der Waals surface area contributed by atoms with Gasteiger partial charge in [-0.2, -0.15) is 0 Å². The Bertz CT molecular complexity index is 750. The quantitative estimate of drug-likeness (QED) is 0.376. The lowest BCUT2D eigenvalue weighted by Gasteiger charge is -2.39. The highest BCUT2D eigenvalue weighted by atomic mass is 127. The predicted octanol–water partition coefficient (Wildman–Crippen LogP) is 2.34. The number of aliphatic imine (C=N–C) groups is 1. The van der Waals surface area contributed by atoms with Gasteiger partial charge in [0, 0.05) is 33.2 Å². The topological polar surface area (TPSA) is 65.0 Å². The van der Waals surface area contributed by atoms with E-state index in [0.717, 1.165) is 19.0 Å². The molecular formula is C19H33IN4O2S. The summed E-state index contributed by atoms with van der Waals surface area (Å²) >= 11 is 0. The molecule has 0 unspecified atom stereocenters. The molecule has 0 aromatic heterocycles. The molecule has 0 atom stereocenters. The number of benzene rings is 1. The van der Waals surface area contributed by atoms with Crippen LogP contribution < -0.4 is 5.32 Å². The van der Waals surface area contributed by atoms with E-state index in [2.05, 4.69) is 53.4 Å². The van der Waals surface area contributed by atoms with Gasteiger partial charge in [0.2, 0.25) is 0 Å². The minimum atomic E-state index is -3.05. The van der Waals surface area contributed by atoms with Crippen LogP contribution in [0.2, 0.25) is 0 Å². The highest BCUT2D eigenvalue weighted by Gasteiger charge is 2.40. The average molecular weight is 508 g/mol. The van der Waals surface area contributed by atoms with Gasteiger partial charge in [-0.05, 0) is 38.6 Å². The molecule has 154 valence electrons. The van der Waals surface area contributed by atoms with E-state index in [1.54, 1.807) is 20.9 Å². The Morgan fingerprint density at radius 1 is 1.33 bits per heavy atom. The van der Waals surface area contributed by atoms with E-state index < -0.39 is 14.6 Å². The highest BCUT2D eigenvalue weighted by molar-refractivity contribution is 14.0. The van der Waals surface area contributed by atoms with Gasteiger partial charge in [0.25, 0.3) is 0 Å². The normalized spacial score (nSPS) is 18.9. The molecule has 1 aromatic carbocycles. The zero-order chi connectivity index (χ0) is 19.4. The molecule has 1 N–H and O–H groups in total. The summed E-state index contributed by atoms with van der Waals surface area (Å²) in [6, 6.07) is 8.52.